The summed E-state index contributed by atoms with van der Waals surface area (Å²) in [5.74, 6) is 0. The number of hydrogen-bond acceptors (Lipinski definition) is 3. The van der Waals surface area contributed by atoms with Gasteiger partial charge in [-0.25, -0.2) is 0 Å². The molecule has 0 aliphatic carbocycles. The summed E-state index contributed by atoms with van der Waals surface area (Å²) in [6.07, 6.45) is 0.252. The van der Waals surface area contributed by atoms with Gasteiger partial charge in [0.2, 0.25) is 0 Å². The molecule has 1 aromatic carbocycles. The minimum Gasteiger partial charge on any atom is -0.374 e. The Balaban J connectivity index is 1.89. The average Bonchev–Trinajstić information content (AvgIpc) is 2.35. The molecule has 0 bridgehead atoms. The maximum absolute atomic E-state index is 6.15. The van der Waals surface area contributed by atoms with E-state index in [0.717, 1.165) is 48.4 Å². The summed E-state index contributed by atoms with van der Waals surface area (Å²) in [5, 5.41) is 4.80. The molecule has 1 aliphatic heterocycles. The summed E-state index contributed by atoms with van der Waals surface area (Å²) in [6.45, 7) is 4.31. The molecule has 1 fully saturated rings. The van der Waals surface area contributed by atoms with Crippen LogP contribution in [0.5, 0.6) is 0 Å². The molecule has 1 N–H and O–H groups in total. The largest absolute Gasteiger partial charge is 0.374 e. The number of nitrogens with zero attached hydrogens (tertiary/aromatic N) is 1. The van der Waals surface area contributed by atoms with Crippen molar-refractivity contribution in [2.75, 3.05) is 33.3 Å². The molecule has 0 aromatic heterocycles. The predicted octanol–water partition coefficient (Wildman–Crippen LogP) is 2.41. The van der Waals surface area contributed by atoms with Crippen LogP contribution in [-0.2, 0) is 11.3 Å². The maximum atomic E-state index is 6.15. The number of morpholine rings is 1. The fraction of sp³-hybridized carbons (Fsp3) is 0.538. The minimum absolute atomic E-state index is 0.252. The van der Waals surface area contributed by atoms with Crippen molar-refractivity contribution in [1.29, 1.82) is 0 Å². The third-order valence-corrected chi connectivity index (χ3v) is 3.57. The van der Waals surface area contributed by atoms with Crippen molar-refractivity contribution in [3.8, 4) is 0 Å². The molecule has 1 aliphatic rings. The van der Waals surface area contributed by atoms with Crippen molar-refractivity contribution in [3.63, 3.8) is 0 Å². The Morgan fingerprint density at radius 3 is 3.00 bits per heavy atom. The summed E-state index contributed by atoms with van der Waals surface area (Å²) in [7, 11) is 2.06. The van der Waals surface area contributed by atoms with Gasteiger partial charge in [0, 0.05) is 36.2 Å². The average molecular weight is 289 g/mol. The van der Waals surface area contributed by atoms with Crippen molar-refractivity contribution < 1.29 is 4.74 Å². The number of ether oxygens (including phenoxy) is 1. The second-order valence-electron chi connectivity index (χ2n) is 4.63. The molecule has 1 saturated heterocycles. The lowest BCUT2D eigenvalue weighted by atomic mass is 10.2. The van der Waals surface area contributed by atoms with Gasteiger partial charge in [-0.2, -0.15) is 0 Å². The van der Waals surface area contributed by atoms with E-state index in [1.54, 1.807) is 0 Å². The number of benzene rings is 1. The van der Waals surface area contributed by atoms with E-state index in [1.807, 2.05) is 18.2 Å². The highest BCUT2D eigenvalue weighted by atomic mass is 35.5. The molecule has 1 atom stereocenters. The Morgan fingerprint density at radius 2 is 2.28 bits per heavy atom. The number of halogens is 2. The molecule has 100 valence electrons. The van der Waals surface area contributed by atoms with Crippen LogP contribution in [-0.4, -0.2) is 44.3 Å². The molecule has 1 unspecified atom stereocenters. The molecule has 3 nitrogen and oxygen atoms in total. The summed E-state index contributed by atoms with van der Waals surface area (Å²) >= 11 is 12.1. The molecular formula is C13H18Cl2N2O. The van der Waals surface area contributed by atoms with E-state index in [0.29, 0.717) is 0 Å². The summed E-state index contributed by atoms with van der Waals surface area (Å²) in [5.41, 5.74) is 1.05. The van der Waals surface area contributed by atoms with Crippen LogP contribution in [0.25, 0.3) is 0 Å². The van der Waals surface area contributed by atoms with Crippen LogP contribution < -0.4 is 5.32 Å². The van der Waals surface area contributed by atoms with Gasteiger partial charge in [0.25, 0.3) is 0 Å². The lowest BCUT2D eigenvalue weighted by Gasteiger charge is -2.28. The summed E-state index contributed by atoms with van der Waals surface area (Å²) in [6, 6.07) is 5.56. The maximum Gasteiger partial charge on any atom is 0.0826 e. The normalized spacial score (nSPS) is 20.3. The Labute approximate surface area is 118 Å². The molecule has 18 heavy (non-hydrogen) atoms. The fourth-order valence-corrected chi connectivity index (χ4v) is 2.48. The Morgan fingerprint density at radius 1 is 1.44 bits per heavy atom. The number of rotatable bonds is 4. The first-order chi connectivity index (χ1) is 8.65. The van der Waals surface area contributed by atoms with Crippen LogP contribution in [0, 0.1) is 0 Å². The quantitative estimate of drug-likeness (QED) is 0.921. The van der Waals surface area contributed by atoms with E-state index in [9.17, 15) is 0 Å². The van der Waals surface area contributed by atoms with E-state index in [-0.39, 0.29) is 6.10 Å². The highest BCUT2D eigenvalue weighted by Crippen LogP contribution is 2.21. The smallest absolute Gasteiger partial charge is 0.0826 e. The first-order valence-corrected chi connectivity index (χ1v) is 6.85. The van der Waals surface area contributed by atoms with Gasteiger partial charge in [0.15, 0.2) is 0 Å². The van der Waals surface area contributed by atoms with E-state index < -0.39 is 0 Å². The van der Waals surface area contributed by atoms with Crippen molar-refractivity contribution in [2.24, 2.45) is 0 Å². The highest BCUT2D eigenvalue weighted by molar-refractivity contribution is 6.33. The molecule has 5 heteroatoms. The molecule has 0 saturated carbocycles. The molecule has 1 heterocycles. The topological polar surface area (TPSA) is 24.5 Å². The van der Waals surface area contributed by atoms with Gasteiger partial charge >= 0.3 is 0 Å². The van der Waals surface area contributed by atoms with E-state index in [2.05, 4.69) is 17.3 Å². The molecule has 0 radical (unpaired) electrons. The minimum atomic E-state index is 0.252. The predicted molar refractivity (Wildman–Crippen MR) is 75.4 cm³/mol. The van der Waals surface area contributed by atoms with Crippen LogP contribution in [0.2, 0.25) is 10.0 Å². The standard InChI is InChI=1S/C13H18Cl2N2O/c1-17(9-12-7-16-4-5-18-12)8-10-6-11(14)2-3-13(10)15/h2-3,6,12,16H,4-5,7-9H2,1H3. The molecule has 1 aromatic rings. The third kappa shape index (κ3) is 4.11. The van der Waals surface area contributed by atoms with E-state index in [4.69, 9.17) is 27.9 Å². The first-order valence-electron chi connectivity index (χ1n) is 6.10. The van der Waals surface area contributed by atoms with Crippen LogP contribution in [0.4, 0.5) is 0 Å². The fourth-order valence-electron chi connectivity index (χ4n) is 2.10. The molecule has 0 spiro atoms. The summed E-state index contributed by atoms with van der Waals surface area (Å²) < 4.78 is 5.68. The Hall–Kier alpha value is -0.320. The van der Waals surface area contributed by atoms with Crippen LogP contribution in [0.15, 0.2) is 18.2 Å². The zero-order valence-electron chi connectivity index (χ0n) is 10.5. The third-order valence-electron chi connectivity index (χ3n) is 2.97. The van der Waals surface area contributed by atoms with Crippen molar-refractivity contribution in [3.05, 3.63) is 33.8 Å². The molecule has 0 amide bonds. The van der Waals surface area contributed by atoms with Gasteiger partial charge in [0.1, 0.15) is 0 Å². The number of hydrogen-bond donors (Lipinski definition) is 1. The van der Waals surface area contributed by atoms with Crippen LogP contribution >= 0.6 is 23.2 Å². The first kappa shape index (κ1) is 14.1. The number of nitrogens with one attached hydrogen (secondary N) is 1. The van der Waals surface area contributed by atoms with E-state index in [1.165, 1.54) is 0 Å². The van der Waals surface area contributed by atoms with Gasteiger partial charge in [-0.1, -0.05) is 23.2 Å². The number of likely N-dealkylation sites (N-methyl/N-ethyl adjacent to an activating group) is 1. The Bertz CT molecular complexity index is 395. The zero-order chi connectivity index (χ0) is 13.0. The second kappa shape index (κ2) is 6.73. The van der Waals surface area contributed by atoms with E-state index >= 15 is 0 Å². The van der Waals surface area contributed by atoms with Crippen LogP contribution in [0.1, 0.15) is 5.56 Å². The van der Waals surface area contributed by atoms with Gasteiger partial charge < -0.3 is 10.1 Å². The van der Waals surface area contributed by atoms with Gasteiger partial charge in [-0.15, -0.1) is 0 Å². The van der Waals surface area contributed by atoms with Gasteiger partial charge in [0.05, 0.1) is 12.7 Å². The van der Waals surface area contributed by atoms with Crippen molar-refractivity contribution in [2.45, 2.75) is 12.6 Å². The van der Waals surface area contributed by atoms with Gasteiger partial charge in [-0.05, 0) is 30.8 Å². The Kier molecular flexibility index (Phi) is 5.27. The molecule has 2 rings (SSSR count). The SMILES string of the molecule is CN(Cc1cc(Cl)ccc1Cl)CC1CNCCO1. The van der Waals surface area contributed by atoms with Gasteiger partial charge in [-0.3, -0.25) is 4.90 Å². The monoisotopic (exact) mass is 288 g/mol. The van der Waals surface area contributed by atoms with Crippen molar-refractivity contribution in [1.82, 2.24) is 10.2 Å². The zero-order valence-corrected chi connectivity index (χ0v) is 12.0. The van der Waals surface area contributed by atoms with Crippen molar-refractivity contribution >= 4 is 23.2 Å². The molecular weight excluding hydrogens is 271 g/mol. The second-order valence-corrected chi connectivity index (χ2v) is 5.47. The lowest BCUT2D eigenvalue weighted by molar-refractivity contribution is 0.00885. The lowest BCUT2D eigenvalue weighted by Crippen LogP contribution is -2.44. The summed E-state index contributed by atoms with van der Waals surface area (Å²) in [4.78, 5) is 2.20. The highest BCUT2D eigenvalue weighted by Gasteiger charge is 2.16. The van der Waals surface area contributed by atoms with Crippen LogP contribution in [0.3, 0.4) is 0 Å².